The van der Waals surface area contributed by atoms with Crippen LogP contribution in [0.4, 0.5) is 23.2 Å². The lowest BCUT2D eigenvalue weighted by atomic mass is 10.1. The van der Waals surface area contributed by atoms with Crippen LogP contribution < -0.4 is 14.8 Å². The summed E-state index contributed by atoms with van der Waals surface area (Å²) < 4.78 is 63.7. The molecular weight excluding hydrogens is 579 g/mol. The van der Waals surface area contributed by atoms with Crippen LogP contribution in [0.2, 0.25) is 0 Å². The van der Waals surface area contributed by atoms with Gasteiger partial charge in [-0.05, 0) is 82.3 Å². The highest BCUT2D eigenvalue weighted by molar-refractivity contribution is 14.1. The quantitative estimate of drug-likeness (QED) is 0.145. The molecule has 5 nitrogen and oxygen atoms in total. The molecular formula is C25H17F4IN2O3. The number of benzene rings is 3. The van der Waals surface area contributed by atoms with Gasteiger partial charge in [0.2, 0.25) is 0 Å². The van der Waals surface area contributed by atoms with Crippen LogP contribution in [0.5, 0.6) is 11.5 Å². The van der Waals surface area contributed by atoms with Crippen LogP contribution in [-0.2, 0) is 17.6 Å². The number of hydrogen-bond acceptors (Lipinski definition) is 4. The molecule has 0 fully saturated rings. The van der Waals surface area contributed by atoms with Crippen molar-refractivity contribution in [1.82, 2.24) is 0 Å². The molecule has 0 aliphatic heterocycles. The van der Waals surface area contributed by atoms with Gasteiger partial charge in [-0.1, -0.05) is 18.2 Å². The van der Waals surface area contributed by atoms with Crippen LogP contribution in [-0.4, -0.2) is 13.0 Å². The maximum Gasteiger partial charge on any atom is 0.416 e. The van der Waals surface area contributed by atoms with Crippen LogP contribution in [0, 0.1) is 20.7 Å². The second-order valence-electron chi connectivity index (χ2n) is 7.15. The molecule has 3 aromatic rings. The van der Waals surface area contributed by atoms with Gasteiger partial charge in [0.05, 0.1) is 16.2 Å². The minimum Gasteiger partial charge on any atom is -0.493 e. The molecule has 0 aliphatic carbocycles. The summed E-state index contributed by atoms with van der Waals surface area (Å²) in [6.45, 7) is 0.157. The number of nitrogens with one attached hydrogen (secondary N) is 1. The number of halogens is 5. The first kappa shape index (κ1) is 26.0. The van der Waals surface area contributed by atoms with Crippen molar-refractivity contribution in [2.24, 2.45) is 0 Å². The lowest BCUT2D eigenvalue weighted by molar-refractivity contribution is -0.137. The standard InChI is InChI=1S/C25H17F4IN2O3/c1-34-22-11-16(10-21(30)23(22)35-14-15-5-7-19(26)8-6-15)9-17(13-31)24(33)32-20-4-2-3-18(12-20)25(27,28)29/h2-12H,14H2,1H3,(H,32,33)/b17-9+. The zero-order valence-corrected chi connectivity index (χ0v) is 20.3. The third-order valence-electron chi connectivity index (χ3n) is 4.67. The molecule has 0 saturated heterocycles. The fourth-order valence-corrected chi connectivity index (χ4v) is 3.77. The number of nitrogens with zero attached hydrogens (tertiary/aromatic N) is 1. The van der Waals surface area contributed by atoms with E-state index in [2.05, 4.69) is 5.32 Å². The first-order chi connectivity index (χ1) is 16.6. The molecule has 0 aliphatic rings. The van der Waals surface area contributed by atoms with E-state index >= 15 is 0 Å². The van der Waals surface area contributed by atoms with Gasteiger partial charge in [-0.2, -0.15) is 18.4 Å². The van der Waals surface area contributed by atoms with Crippen molar-refractivity contribution in [1.29, 1.82) is 5.26 Å². The fraction of sp³-hybridized carbons (Fsp3) is 0.120. The van der Waals surface area contributed by atoms with E-state index in [0.717, 1.165) is 23.8 Å². The Hall–Kier alpha value is -3.59. The number of carbonyl (C=O) groups excluding carboxylic acids is 1. The molecule has 1 amide bonds. The maximum atomic E-state index is 13.1. The van der Waals surface area contributed by atoms with Crippen molar-refractivity contribution in [3.63, 3.8) is 0 Å². The van der Waals surface area contributed by atoms with Gasteiger partial charge in [0, 0.05) is 5.69 Å². The third-order valence-corrected chi connectivity index (χ3v) is 5.47. The number of amides is 1. The van der Waals surface area contributed by atoms with Crippen LogP contribution in [0.15, 0.2) is 66.2 Å². The first-order valence-electron chi connectivity index (χ1n) is 9.96. The summed E-state index contributed by atoms with van der Waals surface area (Å²) in [5.74, 6) is -0.470. The summed E-state index contributed by atoms with van der Waals surface area (Å²) in [5.41, 5.74) is -0.154. The number of ether oxygens (including phenoxy) is 2. The van der Waals surface area contributed by atoms with Gasteiger partial charge in [-0.15, -0.1) is 0 Å². The minimum absolute atomic E-state index is 0.0947. The van der Waals surface area contributed by atoms with Crippen LogP contribution in [0.1, 0.15) is 16.7 Å². The van der Waals surface area contributed by atoms with Gasteiger partial charge < -0.3 is 14.8 Å². The van der Waals surface area contributed by atoms with Crippen molar-refractivity contribution in [3.8, 4) is 17.6 Å². The van der Waals surface area contributed by atoms with Crippen LogP contribution in [0.25, 0.3) is 6.08 Å². The van der Waals surface area contributed by atoms with E-state index in [1.54, 1.807) is 30.3 Å². The zero-order chi connectivity index (χ0) is 25.6. The molecule has 0 aromatic heterocycles. The average Bonchev–Trinajstić information content (AvgIpc) is 2.82. The molecule has 10 heteroatoms. The van der Waals surface area contributed by atoms with Gasteiger partial charge in [0.15, 0.2) is 11.5 Å². The second kappa shape index (κ2) is 11.2. The zero-order valence-electron chi connectivity index (χ0n) is 18.1. The Bertz CT molecular complexity index is 1300. The number of nitriles is 1. The predicted octanol–water partition coefficient (Wildman–Crippen LogP) is 6.58. The van der Waals surface area contributed by atoms with E-state index in [1.807, 2.05) is 22.6 Å². The molecule has 0 heterocycles. The lowest BCUT2D eigenvalue weighted by Crippen LogP contribution is -2.14. The second-order valence-corrected chi connectivity index (χ2v) is 8.31. The van der Waals surface area contributed by atoms with Gasteiger partial charge in [0.25, 0.3) is 5.91 Å². The minimum atomic E-state index is -4.57. The molecule has 0 unspecified atom stereocenters. The molecule has 0 atom stereocenters. The number of anilines is 1. The maximum absolute atomic E-state index is 13.1. The lowest BCUT2D eigenvalue weighted by Gasteiger charge is -2.14. The van der Waals surface area contributed by atoms with Crippen molar-refractivity contribution < 1.29 is 31.8 Å². The molecule has 3 rings (SSSR count). The Morgan fingerprint density at radius 3 is 2.49 bits per heavy atom. The number of methoxy groups -OCH3 is 1. The summed E-state index contributed by atoms with van der Waals surface area (Å²) in [5, 5.41) is 11.8. The smallest absolute Gasteiger partial charge is 0.416 e. The van der Waals surface area contributed by atoms with E-state index in [-0.39, 0.29) is 23.7 Å². The summed E-state index contributed by atoms with van der Waals surface area (Å²) >= 11 is 2.00. The van der Waals surface area contributed by atoms with Gasteiger partial charge in [-0.3, -0.25) is 4.79 Å². The van der Waals surface area contributed by atoms with Crippen molar-refractivity contribution in [3.05, 3.63) is 92.3 Å². The summed E-state index contributed by atoms with van der Waals surface area (Å²) in [4.78, 5) is 12.5. The van der Waals surface area contributed by atoms with Crippen LogP contribution in [0.3, 0.4) is 0 Å². The SMILES string of the molecule is COc1cc(/C=C(\C#N)C(=O)Nc2cccc(C(F)(F)F)c2)cc(I)c1OCc1ccc(F)cc1. The number of alkyl halides is 3. The summed E-state index contributed by atoms with van der Waals surface area (Å²) in [7, 11) is 1.43. The molecule has 180 valence electrons. The Morgan fingerprint density at radius 2 is 1.86 bits per heavy atom. The van der Waals surface area contributed by atoms with Crippen molar-refractivity contribution >= 4 is 40.3 Å². The molecule has 0 saturated carbocycles. The Kier molecular flexibility index (Phi) is 8.34. The number of hydrogen-bond donors (Lipinski definition) is 1. The predicted molar refractivity (Wildman–Crippen MR) is 130 cm³/mol. The number of carbonyl (C=O) groups is 1. The Balaban J connectivity index is 1.81. The van der Waals surface area contributed by atoms with E-state index in [1.165, 1.54) is 31.4 Å². The van der Waals surface area contributed by atoms with E-state index < -0.39 is 17.6 Å². The van der Waals surface area contributed by atoms with Crippen molar-refractivity contribution in [2.75, 3.05) is 12.4 Å². The van der Waals surface area contributed by atoms with E-state index in [4.69, 9.17) is 9.47 Å². The normalized spacial score (nSPS) is 11.5. The third kappa shape index (κ3) is 6.95. The fourth-order valence-electron chi connectivity index (χ4n) is 2.99. The summed E-state index contributed by atoms with van der Waals surface area (Å²) in [6.07, 6.45) is -3.28. The molecule has 0 radical (unpaired) electrons. The number of rotatable bonds is 7. The highest BCUT2D eigenvalue weighted by Crippen LogP contribution is 2.35. The molecule has 0 bridgehead atoms. The van der Waals surface area contributed by atoms with Crippen molar-refractivity contribution in [2.45, 2.75) is 12.8 Å². The first-order valence-corrected chi connectivity index (χ1v) is 11.0. The molecule has 35 heavy (non-hydrogen) atoms. The summed E-state index contributed by atoms with van der Waals surface area (Å²) in [6, 6.07) is 14.9. The van der Waals surface area contributed by atoms with Gasteiger partial charge in [0.1, 0.15) is 24.1 Å². The topological polar surface area (TPSA) is 71.3 Å². The van der Waals surface area contributed by atoms with E-state index in [0.29, 0.717) is 20.6 Å². The highest BCUT2D eigenvalue weighted by Gasteiger charge is 2.30. The Morgan fingerprint density at radius 1 is 1.14 bits per heavy atom. The largest absolute Gasteiger partial charge is 0.493 e. The monoisotopic (exact) mass is 596 g/mol. The highest BCUT2D eigenvalue weighted by atomic mass is 127. The van der Waals surface area contributed by atoms with Crippen LogP contribution >= 0.6 is 22.6 Å². The molecule has 0 spiro atoms. The van der Waals surface area contributed by atoms with Gasteiger partial charge in [-0.25, -0.2) is 4.39 Å². The van der Waals surface area contributed by atoms with Gasteiger partial charge >= 0.3 is 6.18 Å². The molecule has 3 aromatic carbocycles. The average molecular weight is 596 g/mol. The Labute approximate surface area is 212 Å². The van der Waals surface area contributed by atoms with E-state index in [9.17, 15) is 27.6 Å². The molecule has 1 N–H and O–H groups in total.